The summed E-state index contributed by atoms with van der Waals surface area (Å²) in [5.41, 5.74) is 9.00. The van der Waals surface area contributed by atoms with Crippen molar-refractivity contribution >= 4 is 15.9 Å². The Kier molecular flexibility index (Phi) is 3.96. The van der Waals surface area contributed by atoms with E-state index in [1.54, 1.807) is 0 Å². The molecule has 0 aromatic heterocycles. The Bertz CT molecular complexity index is 337. The van der Waals surface area contributed by atoms with Crippen LogP contribution in [-0.4, -0.2) is 13.2 Å². The molecule has 1 rings (SSSR count). The van der Waals surface area contributed by atoms with Gasteiger partial charge in [-0.3, -0.25) is 0 Å². The highest BCUT2D eigenvalue weighted by Gasteiger charge is 2.08. The van der Waals surface area contributed by atoms with Gasteiger partial charge in [0.25, 0.3) is 0 Å². The molecule has 0 atom stereocenters. The molecule has 0 saturated carbocycles. The molecule has 0 fully saturated rings. The number of ether oxygens (including phenoxy) is 1. The summed E-state index contributed by atoms with van der Waals surface area (Å²) < 4.78 is 6.72. The fourth-order valence-electron chi connectivity index (χ4n) is 1.33. The predicted octanol–water partition coefficient (Wildman–Crippen LogP) is 2.71. The normalized spacial score (nSPS) is 10.4. The van der Waals surface area contributed by atoms with Crippen LogP contribution in [-0.2, 0) is 0 Å². The van der Waals surface area contributed by atoms with E-state index < -0.39 is 0 Å². The molecule has 2 nitrogen and oxygen atoms in total. The van der Waals surface area contributed by atoms with Crippen LogP contribution in [0.3, 0.4) is 0 Å². The van der Waals surface area contributed by atoms with Gasteiger partial charge in [0.2, 0.25) is 0 Å². The van der Waals surface area contributed by atoms with Crippen LogP contribution in [0.25, 0.3) is 0 Å². The fraction of sp³-hybridized carbons (Fsp3) is 0.455. The summed E-state index contributed by atoms with van der Waals surface area (Å²) in [7, 11) is 0. The maximum absolute atomic E-state index is 5.56. The lowest BCUT2D eigenvalue weighted by Crippen LogP contribution is -2.11. The zero-order valence-corrected chi connectivity index (χ0v) is 10.4. The van der Waals surface area contributed by atoms with Gasteiger partial charge in [-0.1, -0.05) is 15.9 Å². The molecule has 3 heteroatoms. The van der Waals surface area contributed by atoms with E-state index in [0.717, 1.165) is 10.2 Å². The highest BCUT2D eigenvalue weighted by molar-refractivity contribution is 9.10. The average Bonchev–Trinajstić information content (AvgIpc) is 2.18. The summed E-state index contributed by atoms with van der Waals surface area (Å²) in [4.78, 5) is 0. The van der Waals surface area contributed by atoms with Crippen molar-refractivity contribution in [3.63, 3.8) is 0 Å². The summed E-state index contributed by atoms with van der Waals surface area (Å²) in [5.74, 6) is 0.939. The van der Waals surface area contributed by atoms with Gasteiger partial charge in [0, 0.05) is 11.0 Å². The van der Waals surface area contributed by atoms with Gasteiger partial charge >= 0.3 is 0 Å². The largest absolute Gasteiger partial charge is 0.492 e. The molecule has 78 valence electrons. The Morgan fingerprint density at radius 1 is 1.29 bits per heavy atom. The second kappa shape index (κ2) is 4.80. The van der Waals surface area contributed by atoms with Gasteiger partial charge in [-0.15, -0.1) is 0 Å². The van der Waals surface area contributed by atoms with Gasteiger partial charge in [-0.2, -0.15) is 0 Å². The summed E-state index contributed by atoms with van der Waals surface area (Å²) in [5, 5.41) is 0. The highest BCUT2D eigenvalue weighted by atomic mass is 79.9. The highest BCUT2D eigenvalue weighted by Crippen LogP contribution is 2.30. The number of hydrogen-bond donors (Lipinski definition) is 1. The number of benzene rings is 1. The second-order valence-corrected chi connectivity index (χ2v) is 4.19. The molecule has 1 aromatic rings. The smallest absolute Gasteiger partial charge is 0.122 e. The monoisotopic (exact) mass is 257 g/mol. The molecule has 0 aliphatic carbocycles. The third-order valence-electron chi connectivity index (χ3n) is 2.33. The number of aryl methyl sites for hydroxylation is 1. The minimum Gasteiger partial charge on any atom is -0.492 e. The maximum Gasteiger partial charge on any atom is 0.122 e. The summed E-state index contributed by atoms with van der Waals surface area (Å²) >= 11 is 3.55. The number of halogens is 1. The second-order valence-electron chi connectivity index (χ2n) is 3.39. The van der Waals surface area contributed by atoms with Crippen molar-refractivity contribution in [3.05, 3.63) is 27.2 Å². The van der Waals surface area contributed by atoms with Crippen molar-refractivity contribution in [2.75, 3.05) is 13.2 Å². The molecule has 0 aliphatic heterocycles. The first-order chi connectivity index (χ1) is 6.57. The molecule has 0 aliphatic rings. The third kappa shape index (κ3) is 2.28. The van der Waals surface area contributed by atoms with Crippen LogP contribution in [0.15, 0.2) is 10.5 Å². The minimum atomic E-state index is 0.549. The van der Waals surface area contributed by atoms with Crippen LogP contribution in [0.1, 0.15) is 16.7 Å². The summed E-state index contributed by atoms with van der Waals surface area (Å²) in [6.45, 7) is 7.33. The van der Waals surface area contributed by atoms with E-state index >= 15 is 0 Å². The lowest BCUT2D eigenvalue weighted by Gasteiger charge is -2.13. The quantitative estimate of drug-likeness (QED) is 0.904. The van der Waals surface area contributed by atoms with E-state index in [-0.39, 0.29) is 0 Å². The van der Waals surface area contributed by atoms with Gasteiger partial charge in [-0.25, -0.2) is 0 Å². The Hall–Kier alpha value is -0.540. The number of hydrogen-bond acceptors (Lipinski definition) is 2. The van der Waals surface area contributed by atoms with Crippen molar-refractivity contribution < 1.29 is 4.74 Å². The van der Waals surface area contributed by atoms with Crippen molar-refractivity contribution in [3.8, 4) is 5.75 Å². The molecule has 0 unspecified atom stereocenters. The van der Waals surface area contributed by atoms with Crippen LogP contribution in [0.4, 0.5) is 0 Å². The Balaban J connectivity index is 3.06. The topological polar surface area (TPSA) is 35.2 Å². The lowest BCUT2D eigenvalue weighted by molar-refractivity contribution is 0.325. The molecule has 2 N–H and O–H groups in total. The third-order valence-corrected chi connectivity index (χ3v) is 3.55. The molecule has 1 aromatic carbocycles. The minimum absolute atomic E-state index is 0.549. The van der Waals surface area contributed by atoms with Gasteiger partial charge in [0.15, 0.2) is 0 Å². The fourth-order valence-corrected chi connectivity index (χ4v) is 1.74. The zero-order valence-electron chi connectivity index (χ0n) is 8.86. The molecule has 0 spiro atoms. The van der Waals surface area contributed by atoms with E-state index in [9.17, 15) is 0 Å². The Morgan fingerprint density at radius 3 is 2.50 bits per heavy atom. The van der Waals surface area contributed by atoms with Gasteiger partial charge in [0.05, 0.1) is 0 Å². The molecular formula is C11H16BrNO. The van der Waals surface area contributed by atoms with Crippen molar-refractivity contribution in [1.82, 2.24) is 0 Å². The first kappa shape index (κ1) is 11.5. The van der Waals surface area contributed by atoms with Crippen LogP contribution < -0.4 is 10.5 Å². The molecule has 0 heterocycles. The SMILES string of the molecule is Cc1cc(OCCN)c(C)c(C)c1Br. The van der Waals surface area contributed by atoms with Crippen molar-refractivity contribution in [2.24, 2.45) is 5.73 Å². The zero-order chi connectivity index (χ0) is 10.7. The first-order valence-corrected chi connectivity index (χ1v) is 5.46. The number of rotatable bonds is 3. The molecule has 0 bridgehead atoms. The summed E-state index contributed by atoms with van der Waals surface area (Å²) in [6, 6.07) is 2.04. The predicted molar refractivity (Wildman–Crippen MR) is 62.9 cm³/mol. The number of nitrogens with two attached hydrogens (primary N) is 1. The lowest BCUT2D eigenvalue weighted by atomic mass is 10.1. The average molecular weight is 258 g/mol. The van der Waals surface area contributed by atoms with Crippen LogP contribution in [0.5, 0.6) is 5.75 Å². The molecular weight excluding hydrogens is 242 g/mol. The maximum atomic E-state index is 5.56. The van der Waals surface area contributed by atoms with E-state index in [1.165, 1.54) is 16.7 Å². The van der Waals surface area contributed by atoms with Gasteiger partial charge in [-0.05, 0) is 43.5 Å². The Labute approximate surface area is 93.6 Å². The van der Waals surface area contributed by atoms with E-state index in [1.807, 2.05) is 6.07 Å². The molecule has 14 heavy (non-hydrogen) atoms. The van der Waals surface area contributed by atoms with E-state index in [0.29, 0.717) is 13.2 Å². The molecule has 0 saturated heterocycles. The first-order valence-electron chi connectivity index (χ1n) is 4.67. The van der Waals surface area contributed by atoms with E-state index in [4.69, 9.17) is 10.5 Å². The van der Waals surface area contributed by atoms with E-state index in [2.05, 4.69) is 36.7 Å². The van der Waals surface area contributed by atoms with Gasteiger partial charge < -0.3 is 10.5 Å². The Morgan fingerprint density at radius 2 is 1.93 bits per heavy atom. The standard InChI is InChI=1S/C11H16BrNO/c1-7-6-10(14-5-4-13)8(2)9(3)11(7)12/h6H,4-5,13H2,1-3H3. The van der Waals surface area contributed by atoms with Crippen LogP contribution >= 0.6 is 15.9 Å². The van der Waals surface area contributed by atoms with Crippen molar-refractivity contribution in [2.45, 2.75) is 20.8 Å². The van der Waals surface area contributed by atoms with Gasteiger partial charge in [0.1, 0.15) is 12.4 Å². The summed E-state index contributed by atoms with van der Waals surface area (Å²) in [6.07, 6.45) is 0. The van der Waals surface area contributed by atoms with Crippen molar-refractivity contribution in [1.29, 1.82) is 0 Å². The molecule has 0 amide bonds. The molecule has 0 radical (unpaired) electrons. The van der Waals surface area contributed by atoms with Crippen LogP contribution in [0, 0.1) is 20.8 Å². The van der Waals surface area contributed by atoms with Crippen LogP contribution in [0.2, 0.25) is 0 Å².